The molecule has 1 spiro atoms. The summed E-state index contributed by atoms with van der Waals surface area (Å²) in [5.74, 6) is 0.435. The van der Waals surface area contributed by atoms with E-state index in [4.69, 9.17) is 16.3 Å². The minimum Gasteiger partial charge on any atom is -0.374 e. The van der Waals surface area contributed by atoms with Gasteiger partial charge in [0.05, 0.1) is 17.4 Å². The Labute approximate surface area is 77.2 Å². The Morgan fingerprint density at radius 2 is 2.42 bits per heavy atom. The van der Waals surface area contributed by atoms with Gasteiger partial charge >= 0.3 is 0 Å². The fourth-order valence-electron chi connectivity index (χ4n) is 2.10. The molecule has 0 N–H and O–H groups in total. The van der Waals surface area contributed by atoms with Crippen LogP contribution < -0.4 is 0 Å². The van der Waals surface area contributed by atoms with Gasteiger partial charge in [-0.15, -0.1) is 11.6 Å². The first-order valence-electron chi connectivity index (χ1n) is 4.51. The quantitative estimate of drug-likeness (QED) is 0.618. The van der Waals surface area contributed by atoms with E-state index in [1.165, 1.54) is 6.42 Å². The largest absolute Gasteiger partial charge is 0.374 e. The third kappa shape index (κ3) is 1.27. The molecule has 2 unspecified atom stereocenters. The van der Waals surface area contributed by atoms with Crippen LogP contribution in [0.15, 0.2) is 0 Å². The SMILES string of the molecule is O=C(CCl)C1CC12CCCCO2. The minimum atomic E-state index is -0.0653. The molecule has 1 heterocycles. The number of carbonyl (C=O) groups excluding carboxylic acids is 1. The normalized spacial score (nSPS) is 39.9. The predicted octanol–water partition coefficient (Wildman–Crippen LogP) is 1.75. The summed E-state index contributed by atoms with van der Waals surface area (Å²) in [6.07, 6.45) is 4.31. The molecule has 0 aromatic rings. The lowest BCUT2D eigenvalue weighted by Gasteiger charge is -2.22. The maximum atomic E-state index is 11.2. The Bertz CT molecular complexity index is 197. The summed E-state index contributed by atoms with van der Waals surface area (Å²) in [5.41, 5.74) is -0.0653. The van der Waals surface area contributed by atoms with E-state index in [1.54, 1.807) is 0 Å². The van der Waals surface area contributed by atoms with Gasteiger partial charge in [-0.2, -0.15) is 0 Å². The lowest BCUT2D eigenvalue weighted by Crippen LogP contribution is -2.26. The van der Waals surface area contributed by atoms with Crippen molar-refractivity contribution in [2.45, 2.75) is 31.3 Å². The van der Waals surface area contributed by atoms with Crippen molar-refractivity contribution in [3.63, 3.8) is 0 Å². The lowest BCUT2D eigenvalue weighted by atomic mass is 10.0. The van der Waals surface area contributed by atoms with Crippen LogP contribution in [-0.2, 0) is 9.53 Å². The van der Waals surface area contributed by atoms with E-state index in [1.807, 2.05) is 0 Å². The van der Waals surface area contributed by atoms with Crippen LogP contribution >= 0.6 is 11.6 Å². The Morgan fingerprint density at radius 1 is 1.58 bits per heavy atom. The second-order valence-electron chi connectivity index (χ2n) is 3.73. The van der Waals surface area contributed by atoms with Gasteiger partial charge in [-0.05, 0) is 25.7 Å². The number of ether oxygens (including phenoxy) is 1. The molecule has 0 aromatic carbocycles. The summed E-state index contributed by atoms with van der Waals surface area (Å²) in [4.78, 5) is 11.2. The van der Waals surface area contributed by atoms with Crippen molar-refractivity contribution < 1.29 is 9.53 Å². The van der Waals surface area contributed by atoms with E-state index in [2.05, 4.69) is 0 Å². The molecule has 2 fully saturated rings. The third-order valence-corrected chi connectivity index (χ3v) is 3.19. The maximum Gasteiger partial charge on any atom is 0.153 e. The van der Waals surface area contributed by atoms with E-state index in [0.29, 0.717) is 0 Å². The van der Waals surface area contributed by atoms with Gasteiger partial charge < -0.3 is 4.74 Å². The van der Waals surface area contributed by atoms with Crippen LogP contribution in [0, 0.1) is 5.92 Å². The molecular weight excluding hydrogens is 176 g/mol. The Morgan fingerprint density at radius 3 is 3.00 bits per heavy atom. The number of ketones is 1. The maximum absolute atomic E-state index is 11.2. The van der Waals surface area contributed by atoms with Crippen LogP contribution in [0.5, 0.6) is 0 Å². The molecule has 1 aliphatic heterocycles. The molecule has 0 bridgehead atoms. The average molecular weight is 189 g/mol. The fraction of sp³-hybridized carbons (Fsp3) is 0.889. The number of halogens is 1. The Balaban J connectivity index is 1.95. The molecule has 3 heteroatoms. The van der Waals surface area contributed by atoms with E-state index in [-0.39, 0.29) is 23.2 Å². The molecule has 2 atom stereocenters. The van der Waals surface area contributed by atoms with E-state index in [9.17, 15) is 4.79 Å². The van der Waals surface area contributed by atoms with Crippen LogP contribution in [0.2, 0.25) is 0 Å². The zero-order valence-electron chi connectivity index (χ0n) is 7.01. The number of Topliss-reactive ketones (excluding diaryl/α,β-unsaturated/α-hetero) is 1. The Kier molecular flexibility index (Phi) is 2.13. The highest BCUT2D eigenvalue weighted by Crippen LogP contribution is 2.52. The summed E-state index contributed by atoms with van der Waals surface area (Å²) in [5, 5.41) is 0. The number of carbonyl (C=O) groups is 1. The van der Waals surface area contributed by atoms with Gasteiger partial charge in [0.2, 0.25) is 0 Å². The molecule has 2 nitrogen and oxygen atoms in total. The van der Waals surface area contributed by atoms with E-state index >= 15 is 0 Å². The van der Waals surface area contributed by atoms with Gasteiger partial charge in [0, 0.05) is 6.61 Å². The minimum absolute atomic E-state index is 0.0653. The van der Waals surface area contributed by atoms with Crippen LogP contribution in [-0.4, -0.2) is 23.9 Å². The predicted molar refractivity (Wildman–Crippen MR) is 46.4 cm³/mol. The van der Waals surface area contributed by atoms with Crippen molar-refractivity contribution in [3.8, 4) is 0 Å². The fourth-order valence-corrected chi connectivity index (χ4v) is 2.28. The average Bonchev–Trinajstić information content (AvgIpc) is 2.80. The lowest BCUT2D eigenvalue weighted by molar-refractivity contribution is -0.121. The summed E-state index contributed by atoms with van der Waals surface area (Å²) < 4.78 is 5.63. The standard InChI is InChI=1S/C9H13ClO2/c10-6-8(11)7-5-9(7)3-1-2-4-12-9/h7H,1-6H2. The zero-order valence-corrected chi connectivity index (χ0v) is 7.77. The van der Waals surface area contributed by atoms with Crippen molar-refractivity contribution in [1.82, 2.24) is 0 Å². The summed E-state index contributed by atoms with van der Waals surface area (Å²) in [6, 6.07) is 0. The van der Waals surface area contributed by atoms with Crippen LogP contribution in [0.4, 0.5) is 0 Å². The summed E-state index contributed by atoms with van der Waals surface area (Å²) >= 11 is 5.48. The number of hydrogen-bond donors (Lipinski definition) is 0. The molecule has 0 radical (unpaired) electrons. The van der Waals surface area contributed by atoms with Gasteiger partial charge in [-0.3, -0.25) is 4.79 Å². The molecule has 1 aliphatic carbocycles. The highest BCUT2D eigenvalue weighted by Gasteiger charge is 2.59. The van der Waals surface area contributed by atoms with Gasteiger partial charge in [-0.25, -0.2) is 0 Å². The zero-order chi connectivity index (χ0) is 8.60. The van der Waals surface area contributed by atoms with Crippen molar-refractivity contribution in [2.75, 3.05) is 12.5 Å². The van der Waals surface area contributed by atoms with Gasteiger partial charge in [-0.1, -0.05) is 0 Å². The highest BCUT2D eigenvalue weighted by atomic mass is 35.5. The molecule has 2 rings (SSSR count). The van der Waals surface area contributed by atoms with Gasteiger partial charge in [0.1, 0.15) is 0 Å². The smallest absolute Gasteiger partial charge is 0.153 e. The van der Waals surface area contributed by atoms with Crippen molar-refractivity contribution in [3.05, 3.63) is 0 Å². The van der Waals surface area contributed by atoms with E-state index < -0.39 is 0 Å². The second kappa shape index (κ2) is 3.00. The highest BCUT2D eigenvalue weighted by molar-refractivity contribution is 6.28. The second-order valence-corrected chi connectivity index (χ2v) is 3.99. The molecule has 0 amide bonds. The molecule has 2 aliphatic rings. The van der Waals surface area contributed by atoms with E-state index in [0.717, 1.165) is 25.9 Å². The van der Waals surface area contributed by atoms with Crippen LogP contribution in [0.3, 0.4) is 0 Å². The van der Waals surface area contributed by atoms with Gasteiger partial charge in [0.15, 0.2) is 5.78 Å². The Hall–Kier alpha value is -0.0800. The topological polar surface area (TPSA) is 26.3 Å². The van der Waals surface area contributed by atoms with Crippen molar-refractivity contribution >= 4 is 17.4 Å². The first kappa shape index (κ1) is 8.52. The molecule has 68 valence electrons. The molecule has 0 aromatic heterocycles. The van der Waals surface area contributed by atoms with Crippen LogP contribution in [0.25, 0.3) is 0 Å². The number of alkyl halides is 1. The number of rotatable bonds is 2. The third-order valence-electron chi connectivity index (χ3n) is 2.93. The summed E-state index contributed by atoms with van der Waals surface area (Å²) in [7, 11) is 0. The first-order valence-corrected chi connectivity index (χ1v) is 5.04. The van der Waals surface area contributed by atoms with Crippen molar-refractivity contribution in [2.24, 2.45) is 5.92 Å². The number of hydrogen-bond acceptors (Lipinski definition) is 2. The van der Waals surface area contributed by atoms with Gasteiger partial charge in [0.25, 0.3) is 0 Å². The molecule has 12 heavy (non-hydrogen) atoms. The first-order chi connectivity index (χ1) is 5.78. The van der Waals surface area contributed by atoms with Crippen molar-refractivity contribution in [1.29, 1.82) is 0 Å². The monoisotopic (exact) mass is 188 g/mol. The van der Waals surface area contributed by atoms with Crippen LogP contribution in [0.1, 0.15) is 25.7 Å². The molecule has 1 saturated heterocycles. The summed E-state index contributed by atoms with van der Waals surface area (Å²) in [6.45, 7) is 0.825. The molecular formula is C9H13ClO2. The molecule has 1 saturated carbocycles.